The molecule has 0 saturated carbocycles. The summed E-state index contributed by atoms with van der Waals surface area (Å²) in [4.78, 5) is 2.60. The summed E-state index contributed by atoms with van der Waals surface area (Å²) in [6.45, 7) is 8.45. The van der Waals surface area contributed by atoms with Crippen LogP contribution in [0.3, 0.4) is 0 Å². The van der Waals surface area contributed by atoms with Crippen LogP contribution in [0.1, 0.15) is 33.1 Å². The molecule has 0 aliphatic carbocycles. The first kappa shape index (κ1) is 11.0. The van der Waals surface area contributed by atoms with Gasteiger partial charge in [0.15, 0.2) is 0 Å². The molecule has 0 aromatic rings. The highest BCUT2D eigenvalue weighted by Crippen LogP contribution is 2.16. The first-order valence-corrected chi connectivity index (χ1v) is 5.62. The second kappa shape index (κ2) is 5.61. The standard InChI is InChI=1S/C11H24N2/c1-10-5-4-7-13(8-6-10)9-11(2)12-3/h10-12H,4-9H2,1-3H3. The number of rotatable bonds is 3. The lowest BCUT2D eigenvalue weighted by Gasteiger charge is -2.23. The first-order valence-electron chi connectivity index (χ1n) is 5.62. The van der Waals surface area contributed by atoms with Crippen molar-refractivity contribution in [2.75, 3.05) is 26.7 Å². The summed E-state index contributed by atoms with van der Waals surface area (Å²) in [5.74, 6) is 0.940. The fourth-order valence-electron chi connectivity index (χ4n) is 1.98. The van der Waals surface area contributed by atoms with E-state index in [-0.39, 0.29) is 0 Å². The van der Waals surface area contributed by atoms with E-state index in [2.05, 4.69) is 24.1 Å². The van der Waals surface area contributed by atoms with Gasteiger partial charge in [-0.05, 0) is 52.2 Å². The van der Waals surface area contributed by atoms with Crippen molar-refractivity contribution in [3.63, 3.8) is 0 Å². The molecule has 0 amide bonds. The second-order valence-corrected chi connectivity index (χ2v) is 4.53. The molecule has 78 valence electrons. The average molecular weight is 184 g/mol. The maximum Gasteiger partial charge on any atom is 0.0163 e. The first-order chi connectivity index (χ1) is 6.22. The van der Waals surface area contributed by atoms with Crippen LogP contribution in [0, 0.1) is 5.92 Å². The lowest BCUT2D eigenvalue weighted by molar-refractivity contribution is 0.258. The van der Waals surface area contributed by atoms with Crippen LogP contribution >= 0.6 is 0 Å². The number of hydrogen-bond donors (Lipinski definition) is 1. The average Bonchev–Trinajstić information content (AvgIpc) is 2.31. The molecular weight excluding hydrogens is 160 g/mol. The van der Waals surface area contributed by atoms with Gasteiger partial charge in [0, 0.05) is 12.6 Å². The number of hydrogen-bond acceptors (Lipinski definition) is 2. The van der Waals surface area contributed by atoms with Crippen LogP contribution in [0.4, 0.5) is 0 Å². The minimum atomic E-state index is 0.633. The van der Waals surface area contributed by atoms with Crippen molar-refractivity contribution in [3.8, 4) is 0 Å². The van der Waals surface area contributed by atoms with Gasteiger partial charge in [0.05, 0.1) is 0 Å². The van der Waals surface area contributed by atoms with Gasteiger partial charge in [-0.1, -0.05) is 6.92 Å². The Morgan fingerprint density at radius 3 is 2.85 bits per heavy atom. The predicted molar refractivity (Wildman–Crippen MR) is 58.0 cm³/mol. The summed E-state index contributed by atoms with van der Waals surface area (Å²) in [7, 11) is 2.05. The predicted octanol–water partition coefficient (Wildman–Crippen LogP) is 1.72. The van der Waals surface area contributed by atoms with Gasteiger partial charge >= 0.3 is 0 Å². The van der Waals surface area contributed by atoms with E-state index in [1.807, 2.05) is 7.05 Å². The van der Waals surface area contributed by atoms with E-state index < -0.39 is 0 Å². The van der Waals surface area contributed by atoms with E-state index in [0.717, 1.165) is 5.92 Å². The van der Waals surface area contributed by atoms with Gasteiger partial charge in [-0.15, -0.1) is 0 Å². The van der Waals surface area contributed by atoms with Crippen molar-refractivity contribution in [1.82, 2.24) is 10.2 Å². The molecular formula is C11H24N2. The number of likely N-dealkylation sites (N-methyl/N-ethyl adjacent to an activating group) is 1. The third kappa shape index (κ3) is 4.10. The Morgan fingerprint density at radius 1 is 1.38 bits per heavy atom. The third-order valence-electron chi connectivity index (χ3n) is 3.13. The lowest BCUT2D eigenvalue weighted by Crippen LogP contribution is -2.38. The van der Waals surface area contributed by atoms with E-state index in [1.54, 1.807) is 0 Å². The quantitative estimate of drug-likeness (QED) is 0.718. The topological polar surface area (TPSA) is 15.3 Å². The van der Waals surface area contributed by atoms with E-state index >= 15 is 0 Å². The van der Waals surface area contributed by atoms with Crippen molar-refractivity contribution < 1.29 is 0 Å². The van der Waals surface area contributed by atoms with Gasteiger partial charge in [0.2, 0.25) is 0 Å². The SMILES string of the molecule is CNC(C)CN1CCCC(C)CC1. The summed E-state index contributed by atoms with van der Waals surface area (Å²) >= 11 is 0. The Bertz CT molecular complexity index is 136. The zero-order valence-electron chi connectivity index (χ0n) is 9.34. The van der Waals surface area contributed by atoms with Gasteiger partial charge in [-0.3, -0.25) is 0 Å². The van der Waals surface area contributed by atoms with Crippen LogP contribution in [0.5, 0.6) is 0 Å². The maximum atomic E-state index is 3.30. The van der Waals surface area contributed by atoms with Crippen molar-refractivity contribution in [3.05, 3.63) is 0 Å². The molecule has 2 atom stereocenters. The minimum absolute atomic E-state index is 0.633. The fourth-order valence-corrected chi connectivity index (χ4v) is 1.98. The Kier molecular flexibility index (Phi) is 4.74. The molecule has 2 nitrogen and oxygen atoms in total. The molecule has 1 fully saturated rings. The third-order valence-corrected chi connectivity index (χ3v) is 3.13. The molecule has 1 heterocycles. The molecule has 0 aromatic heterocycles. The summed E-state index contributed by atoms with van der Waals surface area (Å²) in [5.41, 5.74) is 0. The van der Waals surface area contributed by atoms with Gasteiger partial charge < -0.3 is 10.2 Å². The molecule has 0 bridgehead atoms. The number of nitrogens with zero attached hydrogens (tertiary/aromatic N) is 1. The second-order valence-electron chi connectivity index (χ2n) is 4.53. The van der Waals surface area contributed by atoms with Crippen LogP contribution in [0.2, 0.25) is 0 Å². The minimum Gasteiger partial charge on any atom is -0.316 e. The zero-order chi connectivity index (χ0) is 9.68. The van der Waals surface area contributed by atoms with Gasteiger partial charge in [-0.2, -0.15) is 0 Å². The Morgan fingerprint density at radius 2 is 2.15 bits per heavy atom. The summed E-state index contributed by atoms with van der Waals surface area (Å²) < 4.78 is 0. The van der Waals surface area contributed by atoms with E-state index in [0.29, 0.717) is 6.04 Å². The smallest absolute Gasteiger partial charge is 0.0163 e. The summed E-state index contributed by atoms with van der Waals surface area (Å²) in [6, 6.07) is 0.633. The Labute approximate surface area is 82.7 Å². The number of likely N-dealkylation sites (tertiary alicyclic amines) is 1. The Balaban J connectivity index is 2.25. The van der Waals surface area contributed by atoms with Crippen LogP contribution in [-0.2, 0) is 0 Å². The van der Waals surface area contributed by atoms with Crippen molar-refractivity contribution in [2.24, 2.45) is 5.92 Å². The molecule has 0 spiro atoms. The Hall–Kier alpha value is -0.0800. The molecule has 1 aliphatic heterocycles. The summed E-state index contributed by atoms with van der Waals surface area (Å²) in [5, 5.41) is 3.30. The fraction of sp³-hybridized carbons (Fsp3) is 1.00. The van der Waals surface area contributed by atoms with E-state index in [4.69, 9.17) is 0 Å². The van der Waals surface area contributed by atoms with Gasteiger partial charge in [0.25, 0.3) is 0 Å². The zero-order valence-corrected chi connectivity index (χ0v) is 9.34. The molecule has 1 aliphatic rings. The highest BCUT2D eigenvalue weighted by molar-refractivity contribution is 4.71. The van der Waals surface area contributed by atoms with Crippen LogP contribution in [0.25, 0.3) is 0 Å². The number of nitrogens with one attached hydrogen (secondary N) is 1. The van der Waals surface area contributed by atoms with Crippen molar-refractivity contribution in [1.29, 1.82) is 0 Å². The molecule has 2 unspecified atom stereocenters. The van der Waals surface area contributed by atoms with Crippen LogP contribution in [0.15, 0.2) is 0 Å². The molecule has 0 aromatic carbocycles. The normalized spacial score (nSPS) is 28.4. The molecule has 2 heteroatoms. The summed E-state index contributed by atoms with van der Waals surface area (Å²) in [6.07, 6.45) is 4.19. The molecule has 0 radical (unpaired) electrons. The van der Waals surface area contributed by atoms with E-state index in [1.165, 1.54) is 38.9 Å². The van der Waals surface area contributed by atoms with Crippen LogP contribution in [-0.4, -0.2) is 37.6 Å². The highest BCUT2D eigenvalue weighted by Gasteiger charge is 2.14. The van der Waals surface area contributed by atoms with Crippen molar-refractivity contribution in [2.45, 2.75) is 39.2 Å². The van der Waals surface area contributed by atoms with E-state index in [9.17, 15) is 0 Å². The maximum absolute atomic E-state index is 3.30. The molecule has 1 rings (SSSR count). The highest BCUT2D eigenvalue weighted by atomic mass is 15.1. The van der Waals surface area contributed by atoms with Gasteiger partial charge in [-0.25, -0.2) is 0 Å². The van der Waals surface area contributed by atoms with Crippen molar-refractivity contribution >= 4 is 0 Å². The molecule has 1 saturated heterocycles. The molecule has 13 heavy (non-hydrogen) atoms. The van der Waals surface area contributed by atoms with Crippen LogP contribution < -0.4 is 5.32 Å². The monoisotopic (exact) mass is 184 g/mol. The lowest BCUT2D eigenvalue weighted by atomic mass is 10.0. The largest absolute Gasteiger partial charge is 0.316 e. The molecule has 1 N–H and O–H groups in total. The van der Waals surface area contributed by atoms with Gasteiger partial charge in [0.1, 0.15) is 0 Å².